The minimum atomic E-state index is -0.724. The maximum atomic E-state index is 12.0. The molecule has 0 spiro atoms. The van der Waals surface area contributed by atoms with E-state index in [2.05, 4.69) is 10.5 Å². The summed E-state index contributed by atoms with van der Waals surface area (Å²) in [6.07, 6.45) is 1.04. The first-order chi connectivity index (χ1) is 12.8. The molecule has 2 N–H and O–H groups in total. The highest BCUT2D eigenvalue weighted by Gasteiger charge is 2.25. The van der Waals surface area contributed by atoms with Gasteiger partial charge in [-0.25, -0.2) is 5.43 Å². The molecular formula is C17H15N3O7. The lowest BCUT2D eigenvalue weighted by atomic mass is 10.1. The molecule has 10 heteroatoms. The van der Waals surface area contributed by atoms with E-state index in [4.69, 9.17) is 9.47 Å². The third-order valence-corrected chi connectivity index (χ3v) is 3.29. The molecule has 0 saturated heterocycles. The van der Waals surface area contributed by atoms with Gasteiger partial charge in [0.2, 0.25) is 5.75 Å². The Kier molecular flexibility index (Phi) is 6.05. The zero-order chi connectivity index (χ0) is 20.0. The predicted molar refractivity (Wildman–Crippen MR) is 94.1 cm³/mol. The second kappa shape index (κ2) is 8.43. The van der Waals surface area contributed by atoms with Gasteiger partial charge in [0.15, 0.2) is 5.75 Å². The average molecular weight is 373 g/mol. The number of ether oxygens (including phenoxy) is 2. The van der Waals surface area contributed by atoms with Crippen LogP contribution in [0.1, 0.15) is 22.8 Å². The number of carbonyl (C=O) groups excluding carboxylic acids is 2. The molecule has 0 fully saturated rings. The monoisotopic (exact) mass is 373 g/mol. The SMILES string of the molecule is COc1c(OC(C)=O)ccc(/C=N\NC(=O)c2ccccc2O)c1[N+](=O)[O-]. The van der Waals surface area contributed by atoms with Gasteiger partial charge in [-0.2, -0.15) is 5.10 Å². The van der Waals surface area contributed by atoms with Crippen LogP contribution in [0.3, 0.4) is 0 Å². The van der Waals surface area contributed by atoms with Crippen LogP contribution in [0.15, 0.2) is 41.5 Å². The van der Waals surface area contributed by atoms with Gasteiger partial charge in [0.1, 0.15) is 5.75 Å². The zero-order valence-electron chi connectivity index (χ0n) is 14.3. The maximum absolute atomic E-state index is 12.0. The molecule has 0 saturated carbocycles. The average Bonchev–Trinajstić information content (AvgIpc) is 2.61. The Balaban J connectivity index is 2.31. The fourth-order valence-electron chi connectivity index (χ4n) is 2.18. The second-order valence-corrected chi connectivity index (χ2v) is 5.10. The first-order valence-corrected chi connectivity index (χ1v) is 7.50. The summed E-state index contributed by atoms with van der Waals surface area (Å²) in [4.78, 5) is 33.8. The number of carbonyl (C=O) groups is 2. The molecule has 0 aliphatic rings. The largest absolute Gasteiger partial charge is 0.507 e. The van der Waals surface area contributed by atoms with Gasteiger partial charge in [-0.3, -0.25) is 19.7 Å². The van der Waals surface area contributed by atoms with Crippen LogP contribution in [0.2, 0.25) is 0 Å². The molecule has 140 valence electrons. The topological polar surface area (TPSA) is 140 Å². The van der Waals surface area contributed by atoms with Crippen molar-refractivity contribution in [1.82, 2.24) is 5.43 Å². The summed E-state index contributed by atoms with van der Waals surface area (Å²) >= 11 is 0. The number of hydrogen-bond acceptors (Lipinski definition) is 8. The number of benzene rings is 2. The highest BCUT2D eigenvalue weighted by molar-refractivity contribution is 5.97. The molecule has 0 aliphatic carbocycles. The number of hydrazone groups is 1. The van der Waals surface area contributed by atoms with Gasteiger partial charge in [-0.1, -0.05) is 12.1 Å². The zero-order valence-corrected chi connectivity index (χ0v) is 14.3. The van der Waals surface area contributed by atoms with Crippen LogP contribution in [-0.4, -0.2) is 35.2 Å². The van der Waals surface area contributed by atoms with Crippen LogP contribution < -0.4 is 14.9 Å². The fraction of sp³-hybridized carbons (Fsp3) is 0.118. The number of phenols is 1. The van der Waals surface area contributed by atoms with Crippen LogP contribution in [0.4, 0.5) is 5.69 Å². The molecule has 0 heterocycles. The van der Waals surface area contributed by atoms with Crippen LogP contribution in [-0.2, 0) is 4.79 Å². The van der Waals surface area contributed by atoms with Crippen molar-refractivity contribution in [2.45, 2.75) is 6.92 Å². The molecule has 27 heavy (non-hydrogen) atoms. The van der Waals surface area contributed by atoms with Crippen molar-refractivity contribution in [3.05, 3.63) is 57.6 Å². The molecule has 0 bridgehead atoms. The third-order valence-electron chi connectivity index (χ3n) is 3.29. The maximum Gasteiger partial charge on any atom is 0.323 e. The molecule has 0 unspecified atom stereocenters. The number of phenolic OH excluding ortho intramolecular Hbond substituents is 1. The number of methoxy groups -OCH3 is 1. The summed E-state index contributed by atoms with van der Waals surface area (Å²) in [6.45, 7) is 1.15. The number of rotatable bonds is 6. The van der Waals surface area contributed by atoms with Crippen molar-refractivity contribution < 1.29 is 29.1 Å². The summed E-state index contributed by atoms with van der Waals surface area (Å²) in [5.41, 5.74) is 1.67. The number of nitro groups is 1. The molecule has 10 nitrogen and oxygen atoms in total. The Hall–Kier alpha value is -3.95. The number of aromatic hydroxyl groups is 1. The molecule has 0 atom stereocenters. The summed E-state index contributed by atoms with van der Waals surface area (Å²) in [6, 6.07) is 8.42. The second-order valence-electron chi connectivity index (χ2n) is 5.10. The molecule has 1 amide bonds. The molecule has 2 aromatic carbocycles. The number of amides is 1. The Morgan fingerprint density at radius 1 is 1.26 bits per heavy atom. The molecule has 0 aliphatic heterocycles. The normalized spacial score (nSPS) is 10.4. The number of esters is 1. The van der Waals surface area contributed by atoms with Crippen molar-refractivity contribution in [3.63, 3.8) is 0 Å². The Labute approximate surface area is 153 Å². The lowest BCUT2D eigenvalue weighted by Gasteiger charge is -2.09. The van der Waals surface area contributed by atoms with Crippen molar-refractivity contribution in [2.75, 3.05) is 7.11 Å². The molecule has 0 aromatic heterocycles. The summed E-state index contributed by atoms with van der Waals surface area (Å²) in [7, 11) is 1.19. The van der Waals surface area contributed by atoms with Crippen LogP contribution in [0.25, 0.3) is 0 Å². The first kappa shape index (κ1) is 19.4. The van der Waals surface area contributed by atoms with Gasteiger partial charge in [-0.05, 0) is 24.3 Å². The number of para-hydroxylation sites is 1. The van der Waals surface area contributed by atoms with E-state index in [1.165, 1.54) is 31.4 Å². The van der Waals surface area contributed by atoms with Gasteiger partial charge in [-0.15, -0.1) is 0 Å². The fourth-order valence-corrected chi connectivity index (χ4v) is 2.18. The van der Waals surface area contributed by atoms with E-state index < -0.39 is 22.5 Å². The van der Waals surface area contributed by atoms with Gasteiger partial charge in [0, 0.05) is 6.92 Å². The molecule has 2 rings (SSSR count). The lowest BCUT2D eigenvalue weighted by molar-refractivity contribution is -0.385. The quantitative estimate of drug-likeness (QED) is 0.259. The third kappa shape index (κ3) is 4.57. The highest BCUT2D eigenvalue weighted by atomic mass is 16.6. The van der Waals surface area contributed by atoms with E-state index in [9.17, 15) is 24.8 Å². The van der Waals surface area contributed by atoms with E-state index in [0.29, 0.717) is 0 Å². The standard InChI is InChI=1S/C17H15N3O7/c1-10(21)27-14-8-7-11(15(20(24)25)16(14)26-2)9-18-19-17(23)12-5-3-4-6-13(12)22/h3-9,22H,1-2H3,(H,19,23)/b18-9-. The minimum Gasteiger partial charge on any atom is -0.507 e. The van der Waals surface area contributed by atoms with E-state index in [1.807, 2.05) is 0 Å². The summed E-state index contributed by atoms with van der Waals surface area (Å²) in [5.74, 6) is -1.98. The molecule has 0 radical (unpaired) electrons. The van der Waals surface area contributed by atoms with Crippen molar-refractivity contribution in [3.8, 4) is 17.2 Å². The summed E-state index contributed by atoms with van der Waals surface area (Å²) < 4.78 is 9.88. The van der Waals surface area contributed by atoms with Gasteiger partial charge >= 0.3 is 11.7 Å². The van der Waals surface area contributed by atoms with E-state index in [0.717, 1.165) is 13.1 Å². The predicted octanol–water partition coefficient (Wildman–Crippen LogP) is 2.00. The van der Waals surface area contributed by atoms with Gasteiger partial charge < -0.3 is 14.6 Å². The Morgan fingerprint density at radius 3 is 2.56 bits per heavy atom. The van der Waals surface area contributed by atoms with Crippen molar-refractivity contribution in [2.24, 2.45) is 5.10 Å². The van der Waals surface area contributed by atoms with Crippen molar-refractivity contribution in [1.29, 1.82) is 0 Å². The minimum absolute atomic E-state index is 0.00494. The smallest absolute Gasteiger partial charge is 0.323 e. The first-order valence-electron chi connectivity index (χ1n) is 7.50. The van der Waals surface area contributed by atoms with Crippen LogP contribution in [0.5, 0.6) is 17.2 Å². The van der Waals surface area contributed by atoms with E-state index in [-0.39, 0.29) is 28.4 Å². The van der Waals surface area contributed by atoms with Crippen LogP contribution >= 0.6 is 0 Å². The molecular weight excluding hydrogens is 358 g/mol. The number of nitro benzene ring substituents is 1. The van der Waals surface area contributed by atoms with Crippen LogP contribution in [0, 0.1) is 10.1 Å². The highest BCUT2D eigenvalue weighted by Crippen LogP contribution is 2.39. The Bertz CT molecular complexity index is 925. The van der Waals surface area contributed by atoms with E-state index >= 15 is 0 Å². The number of nitrogens with one attached hydrogen (secondary N) is 1. The summed E-state index contributed by atoms with van der Waals surface area (Å²) in [5, 5.41) is 24.7. The number of hydrogen-bond donors (Lipinski definition) is 2. The van der Waals surface area contributed by atoms with Crippen molar-refractivity contribution >= 4 is 23.8 Å². The van der Waals surface area contributed by atoms with Gasteiger partial charge in [0.05, 0.1) is 29.4 Å². The molecule has 2 aromatic rings. The Morgan fingerprint density at radius 2 is 1.96 bits per heavy atom. The lowest BCUT2D eigenvalue weighted by Crippen LogP contribution is -2.17. The number of nitrogens with zero attached hydrogens (tertiary/aromatic N) is 2. The van der Waals surface area contributed by atoms with Gasteiger partial charge in [0.25, 0.3) is 5.91 Å². The van der Waals surface area contributed by atoms with E-state index in [1.54, 1.807) is 12.1 Å².